The molecule has 2 fully saturated rings. The number of hydrogen-bond donors (Lipinski definition) is 1. The van der Waals surface area contributed by atoms with E-state index in [0.717, 1.165) is 26.2 Å². The molecule has 2 aliphatic heterocycles. The number of β-amino-alcohol motifs (C(OH)–C–C–N with tert-alkyl or cyclic N) is 1. The van der Waals surface area contributed by atoms with Crippen molar-refractivity contribution in [1.29, 1.82) is 0 Å². The second-order valence-electron chi connectivity index (χ2n) is 6.79. The summed E-state index contributed by atoms with van der Waals surface area (Å²) in [6, 6.07) is 6.99. The number of carbonyl (C=O) groups is 1. The second-order valence-corrected chi connectivity index (χ2v) is 7.23. The van der Waals surface area contributed by atoms with E-state index in [4.69, 9.17) is 11.6 Å². The summed E-state index contributed by atoms with van der Waals surface area (Å²) in [4.78, 5) is 18.9. The summed E-state index contributed by atoms with van der Waals surface area (Å²) in [6.45, 7) is 5.63. The maximum absolute atomic E-state index is 12.6. The number of aliphatic hydroxyl groups is 1. The Balaban J connectivity index is 1.59. The molecule has 1 aromatic carbocycles. The molecule has 1 amide bonds. The average Bonchev–Trinajstić information content (AvgIpc) is 2.91. The first kappa shape index (κ1) is 16.7. The molecule has 2 aliphatic rings. The number of hydrogen-bond acceptors (Lipinski definition) is 4. The lowest BCUT2D eigenvalue weighted by Gasteiger charge is -2.36. The summed E-state index contributed by atoms with van der Waals surface area (Å²) in [7, 11) is 2.12. The van der Waals surface area contributed by atoms with E-state index in [1.807, 2.05) is 0 Å². The molecule has 1 N–H and O–H groups in total. The van der Waals surface area contributed by atoms with E-state index >= 15 is 0 Å². The minimum absolute atomic E-state index is 0.0539. The standard InChI is InChI=1S/C17H24ClN3O2/c1-19-7-9-20(10-8-19)12-17(23)5-6-21(13-17)16(22)14-3-2-4-15(18)11-14/h2-4,11,23H,5-10,12-13H2,1H3. The van der Waals surface area contributed by atoms with E-state index in [9.17, 15) is 9.90 Å². The number of nitrogens with zero attached hydrogens (tertiary/aromatic N) is 3. The average molecular weight is 338 g/mol. The predicted octanol–water partition coefficient (Wildman–Crippen LogP) is 1.16. The number of amides is 1. The van der Waals surface area contributed by atoms with Gasteiger partial charge in [0.2, 0.25) is 0 Å². The van der Waals surface area contributed by atoms with E-state index in [2.05, 4.69) is 16.8 Å². The van der Waals surface area contributed by atoms with Gasteiger partial charge >= 0.3 is 0 Å². The smallest absolute Gasteiger partial charge is 0.254 e. The zero-order valence-electron chi connectivity index (χ0n) is 13.5. The number of piperazine rings is 1. The Kier molecular flexibility index (Phi) is 4.92. The Bertz CT molecular complexity index is 575. The topological polar surface area (TPSA) is 47.0 Å². The molecule has 0 bridgehead atoms. The van der Waals surface area contributed by atoms with Gasteiger partial charge in [0.15, 0.2) is 0 Å². The van der Waals surface area contributed by atoms with Crippen LogP contribution in [-0.4, -0.2) is 84.2 Å². The molecule has 6 heteroatoms. The van der Waals surface area contributed by atoms with Crippen molar-refractivity contribution in [3.63, 3.8) is 0 Å². The predicted molar refractivity (Wildman–Crippen MR) is 90.9 cm³/mol. The Labute approximate surface area is 142 Å². The maximum atomic E-state index is 12.6. The molecule has 1 atom stereocenters. The van der Waals surface area contributed by atoms with Crippen molar-refractivity contribution >= 4 is 17.5 Å². The molecule has 23 heavy (non-hydrogen) atoms. The lowest BCUT2D eigenvalue weighted by atomic mass is 10.0. The van der Waals surface area contributed by atoms with Crippen molar-refractivity contribution in [2.45, 2.75) is 12.0 Å². The van der Waals surface area contributed by atoms with Crippen LogP contribution >= 0.6 is 11.6 Å². The van der Waals surface area contributed by atoms with Crippen LogP contribution in [0.25, 0.3) is 0 Å². The van der Waals surface area contributed by atoms with Crippen LogP contribution < -0.4 is 0 Å². The number of likely N-dealkylation sites (N-methyl/N-ethyl adjacent to an activating group) is 1. The lowest BCUT2D eigenvalue weighted by molar-refractivity contribution is 0.000526. The number of benzene rings is 1. The van der Waals surface area contributed by atoms with Crippen LogP contribution in [0, 0.1) is 0 Å². The van der Waals surface area contributed by atoms with Crippen molar-refractivity contribution in [3.05, 3.63) is 34.9 Å². The summed E-state index contributed by atoms with van der Waals surface area (Å²) >= 11 is 5.96. The van der Waals surface area contributed by atoms with E-state index in [1.54, 1.807) is 29.2 Å². The highest BCUT2D eigenvalue weighted by atomic mass is 35.5. The Morgan fingerprint density at radius 1 is 1.26 bits per heavy atom. The fourth-order valence-corrected chi connectivity index (χ4v) is 3.58. The van der Waals surface area contributed by atoms with Crippen molar-refractivity contribution in [3.8, 4) is 0 Å². The van der Waals surface area contributed by atoms with Crippen molar-refractivity contribution in [1.82, 2.24) is 14.7 Å². The monoisotopic (exact) mass is 337 g/mol. The van der Waals surface area contributed by atoms with Gasteiger partial charge < -0.3 is 14.9 Å². The lowest BCUT2D eigenvalue weighted by Crippen LogP contribution is -2.52. The first-order valence-electron chi connectivity index (χ1n) is 8.13. The zero-order chi connectivity index (χ0) is 16.4. The fourth-order valence-electron chi connectivity index (χ4n) is 3.39. The largest absolute Gasteiger partial charge is 0.387 e. The molecule has 2 heterocycles. The Hall–Kier alpha value is -1.14. The first-order valence-corrected chi connectivity index (χ1v) is 8.51. The third kappa shape index (κ3) is 4.04. The number of rotatable bonds is 3. The normalized spacial score (nSPS) is 26.7. The molecule has 0 saturated carbocycles. The minimum Gasteiger partial charge on any atom is -0.387 e. The number of likely N-dealkylation sites (tertiary alicyclic amines) is 1. The molecule has 1 unspecified atom stereocenters. The molecule has 2 saturated heterocycles. The summed E-state index contributed by atoms with van der Waals surface area (Å²) in [5.74, 6) is -0.0539. The van der Waals surface area contributed by atoms with Gasteiger partial charge in [-0.3, -0.25) is 9.69 Å². The highest BCUT2D eigenvalue weighted by Gasteiger charge is 2.40. The van der Waals surface area contributed by atoms with Gasteiger partial charge in [-0.15, -0.1) is 0 Å². The van der Waals surface area contributed by atoms with Gasteiger partial charge in [0.05, 0.1) is 12.1 Å². The molecule has 0 spiro atoms. The molecule has 3 rings (SSSR count). The van der Waals surface area contributed by atoms with Crippen LogP contribution in [0.3, 0.4) is 0 Å². The van der Waals surface area contributed by atoms with E-state index in [-0.39, 0.29) is 5.91 Å². The molecule has 5 nitrogen and oxygen atoms in total. The molecular formula is C17H24ClN3O2. The summed E-state index contributed by atoms with van der Waals surface area (Å²) in [5, 5.41) is 11.4. The maximum Gasteiger partial charge on any atom is 0.254 e. The van der Waals surface area contributed by atoms with Crippen LogP contribution in [0.1, 0.15) is 16.8 Å². The summed E-state index contributed by atoms with van der Waals surface area (Å²) < 4.78 is 0. The van der Waals surface area contributed by atoms with Crippen molar-refractivity contribution in [2.75, 3.05) is 52.9 Å². The van der Waals surface area contributed by atoms with Crippen LogP contribution in [0.15, 0.2) is 24.3 Å². The van der Waals surface area contributed by atoms with Gasteiger partial charge in [-0.05, 0) is 31.7 Å². The number of carbonyl (C=O) groups excluding carboxylic acids is 1. The van der Waals surface area contributed by atoms with Gasteiger partial charge in [-0.1, -0.05) is 17.7 Å². The van der Waals surface area contributed by atoms with Crippen molar-refractivity contribution in [2.24, 2.45) is 0 Å². The quantitative estimate of drug-likeness (QED) is 0.899. The van der Waals surface area contributed by atoms with Crippen LogP contribution in [-0.2, 0) is 0 Å². The van der Waals surface area contributed by atoms with E-state index < -0.39 is 5.60 Å². The molecule has 0 aromatic heterocycles. The Morgan fingerprint density at radius 2 is 2.00 bits per heavy atom. The molecular weight excluding hydrogens is 314 g/mol. The first-order chi connectivity index (χ1) is 11.0. The summed E-state index contributed by atoms with van der Waals surface area (Å²) in [6.07, 6.45) is 0.631. The fraction of sp³-hybridized carbons (Fsp3) is 0.588. The third-order valence-corrected chi connectivity index (χ3v) is 5.04. The Morgan fingerprint density at radius 3 is 2.70 bits per heavy atom. The zero-order valence-corrected chi connectivity index (χ0v) is 14.3. The minimum atomic E-state index is -0.801. The molecule has 0 aliphatic carbocycles. The van der Waals surface area contributed by atoms with Crippen LogP contribution in [0.4, 0.5) is 0 Å². The van der Waals surface area contributed by atoms with Crippen molar-refractivity contribution < 1.29 is 9.90 Å². The highest BCUT2D eigenvalue weighted by Crippen LogP contribution is 2.25. The molecule has 0 radical (unpaired) electrons. The van der Waals surface area contributed by atoms with E-state index in [1.165, 1.54) is 0 Å². The van der Waals surface area contributed by atoms with Gasteiger partial charge in [-0.25, -0.2) is 0 Å². The molecule has 126 valence electrons. The number of halogens is 1. The second kappa shape index (κ2) is 6.77. The van der Waals surface area contributed by atoms with Gasteiger partial charge in [0, 0.05) is 49.9 Å². The van der Waals surface area contributed by atoms with Gasteiger partial charge in [-0.2, -0.15) is 0 Å². The van der Waals surface area contributed by atoms with Gasteiger partial charge in [0.25, 0.3) is 5.91 Å². The molecule has 1 aromatic rings. The third-order valence-electron chi connectivity index (χ3n) is 4.80. The van der Waals surface area contributed by atoms with Crippen LogP contribution in [0.2, 0.25) is 5.02 Å². The SMILES string of the molecule is CN1CCN(CC2(O)CCN(C(=O)c3cccc(Cl)c3)C2)CC1. The highest BCUT2D eigenvalue weighted by molar-refractivity contribution is 6.30. The van der Waals surface area contributed by atoms with Crippen LogP contribution in [0.5, 0.6) is 0 Å². The van der Waals surface area contributed by atoms with Gasteiger partial charge in [0.1, 0.15) is 0 Å². The van der Waals surface area contributed by atoms with E-state index in [0.29, 0.717) is 36.6 Å². The summed E-state index contributed by atoms with van der Waals surface area (Å²) in [5.41, 5.74) is -0.217.